The van der Waals surface area contributed by atoms with Crippen LogP contribution < -0.4 is 18.7 Å². The Balaban J connectivity index is 1.26. The number of rotatable bonds is 5. The van der Waals surface area contributed by atoms with Gasteiger partial charge in [-0.25, -0.2) is 0 Å². The van der Waals surface area contributed by atoms with Gasteiger partial charge >= 0.3 is 201 Å². The Morgan fingerprint density at radius 2 is 1.82 bits per heavy atom. The third-order valence-corrected chi connectivity index (χ3v) is 11.3. The summed E-state index contributed by atoms with van der Waals surface area (Å²) >= 11 is 2.18. The SMILES string of the molecule is COc1ccc2c(c1)N(C)/C(=C/C=C/C1=CC(=C/c3sc4cc(-c5ccccc5)ccc4[n+]3C)/CC(C)(C)C1)[Se]2. The fourth-order valence-corrected chi connectivity index (χ4v) is 9.00. The maximum atomic E-state index is 5.44. The monoisotopic (exact) mass is 611 g/mol. The number of nitrogens with zero attached hydrogens (tertiary/aromatic N) is 2. The standard InChI is InChI=1S/C35H35N2OSSe/c1-35(2)22-24(10-9-13-34-37(4)30-21-28(38-5)15-17-32(30)40-34)18-25(23-35)19-33-36(3)29-16-14-27(20-31(29)39-33)26-11-7-6-8-12-26/h6-21H,22-23H2,1-5H3/q+1. The van der Waals surface area contributed by atoms with Crippen LogP contribution in [0.25, 0.3) is 27.4 Å². The van der Waals surface area contributed by atoms with Crippen molar-refractivity contribution in [3.8, 4) is 16.9 Å². The molecule has 0 amide bonds. The van der Waals surface area contributed by atoms with E-state index < -0.39 is 0 Å². The first kappa shape index (κ1) is 26.8. The van der Waals surface area contributed by atoms with Crippen LogP contribution in [0.5, 0.6) is 5.75 Å². The summed E-state index contributed by atoms with van der Waals surface area (Å²) in [6.07, 6.45) is 13.8. The first-order valence-corrected chi connectivity index (χ1v) is 16.2. The molecule has 3 aromatic carbocycles. The Kier molecular flexibility index (Phi) is 7.31. The summed E-state index contributed by atoms with van der Waals surface area (Å²) in [6.45, 7) is 4.77. The third kappa shape index (κ3) is 5.47. The predicted molar refractivity (Wildman–Crippen MR) is 172 cm³/mol. The number of hydrogen-bond acceptors (Lipinski definition) is 3. The van der Waals surface area contributed by atoms with E-state index in [-0.39, 0.29) is 5.41 Å². The van der Waals surface area contributed by atoms with E-state index in [4.69, 9.17) is 4.74 Å². The molecule has 4 aromatic rings. The zero-order valence-corrected chi connectivity index (χ0v) is 26.3. The third-order valence-electron chi connectivity index (χ3n) is 7.64. The van der Waals surface area contributed by atoms with Gasteiger partial charge in [0, 0.05) is 0 Å². The van der Waals surface area contributed by atoms with Gasteiger partial charge in [0.25, 0.3) is 0 Å². The molecule has 5 heteroatoms. The Labute approximate surface area is 248 Å². The number of aryl methyl sites for hydroxylation is 1. The quantitative estimate of drug-likeness (QED) is 0.173. The van der Waals surface area contributed by atoms with E-state index >= 15 is 0 Å². The van der Waals surface area contributed by atoms with E-state index in [9.17, 15) is 0 Å². The fourth-order valence-electron chi connectivity index (χ4n) is 5.65. The maximum absolute atomic E-state index is 5.44. The average molecular weight is 611 g/mol. The van der Waals surface area contributed by atoms with E-state index in [0.29, 0.717) is 15.0 Å². The predicted octanol–water partition coefficient (Wildman–Crippen LogP) is 7.41. The molecule has 1 aliphatic carbocycles. The molecule has 3 nitrogen and oxygen atoms in total. The number of ether oxygens (including phenoxy) is 1. The molecule has 0 unspecified atom stereocenters. The van der Waals surface area contributed by atoms with Crippen LogP contribution in [0.3, 0.4) is 0 Å². The van der Waals surface area contributed by atoms with E-state index in [2.05, 4.69) is 135 Å². The van der Waals surface area contributed by atoms with E-state index in [0.717, 1.165) is 18.6 Å². The van der Waals surface area contributed by atoms with Crippen molar-refractivity contribution >= 4 is 52.7 Å². The van der Waals surface area contributed by atoms with Crippen LogP contribution >= 0.6 is 11.3 Å². The molecule has 0 bridgehead atoms. The molecular weight excluding hydrogens is 575 g/mol. The van der Waals surface area contributed by atoms with Gasteiger partial charge in [0.15, 0.2) is 0 Å². The number of thiazole rings is 1. The zero-order valence-electron chi connectivity index (χ0n) is 23.8. The van der Waals surface area contributed by atoms with Gasteiger partial charge in [0.05, 0.1) is 0 Å². The molecule has 202 valence electrons. The van der Waals surface area contributed by atoms with Gasteiger partial charge in [-0.05, 0) is 17.2 Å². The van der Waals surface area contributed by atoms with Crippen molar-refractivity contribution in [2.24, 2.45) is 12.5 Å². The van der Waals surface area contributed by atoms with Gasteiger partial charge in [-0.2, -0.15) is 0 Å². The summed E-state index contributed by atoms with van der Waals surface area (Å²) in [7, 11) is 6.07. The Morgan fingerprint density at radius 3 is 2.62 bits per heavy atom. The van der Waals surface area contributed by atoms with E-state index in [1.807, 2.05) is 11.3 Å². The number of hydrogen-bond donors (Lipinski definition) is 0. The summed E-state index contributed by atoms with van der Waals surface area (Å²) in [5, 5.41) is 1.29. The number of fused-ring (bicyclic) bond motifs is 2. The molecule has 0 saturated heterocycles. The van der Waals surface area contributed by atoms with E-state index in [1.54, 1.807) is 7.11 Å². The van der Waals surface area contributed by atoms with Crippen LogP contribution in [0.15, 0.2) is 107 Å². The molecule has 0 radical (unpaired) electrons. The van der Waals surface area contributed by atoms with Crippen LogP contribution in [0, 0.1) is 5.41 Å². The zero-order chi connectivity index (χ0) is 27.9. The molecule has 0 atom stereocenters. The summed E-state index contributed by atoms with van der Waals surface area (Å²) in [5.74, 6) is 0.913. The topological polar surface area (TPSA) is 16.4 Å². The number of anilines is 1. The van der Waals surface area contributed by atoms with Crippen molar-refractivity contribution in [2.75, 3.05) is 19.1 Å². The van der Waals surface area contributed by atoms with Crippen LogP contribution in [-0.4, -0.2) is 29.1 Å². The molecule has 6 rings (SSSR count). The Bertz CT molecular complexity index is 1710. The molecule has 1 aliphatic heterocycles. The molecule has 1 aromatic heterocycles. The van der Waals surface area contributed by atoms with Crippen LogP contribution in [0.4, 0.5) is 5.69 Å². The molecular formula is C35H35N2OSSe+. The first-order chi connectivity index (χ1) is 19.3. The molecule has 0 spiro atoms. The van der Waals surface area contributed by atoms with Crippen molar-refractivity contribution in [2.45, 2.75) is 26.7 Å². The Morgan fingerprint density at radius 1 is 1.00 bits per heavy atom. The average Bonchev–Trinajstić information content (AvgIpc) is 3.43. The second-order valence-electron chi connectivity index (χ2n) is 11.4. The number of methoxy groups -OCH3 is 1. The number of allylic oxidation sites excluding steroid dienone is 6. The van der Waals surface area contributed by atoms with Crippen LogP contribution in [0.1, 0.15) is 31.7 Å². The van der Waals surface area contributed by atoms with Crippen molar-refractivity contribution in [3.63, 3.8) is 0 Å². The summed E-state index contributed by atoms with van der Waals surface area (Å²) in [5.41, 5.74) is 8.09. The van der Waals surface area contributed by atoms with Crippen LogP contribution in [-0.2, 0) is 7.05 Å². The minimum atomic E-state index is 0.226. The Hall–Kier alpha value is -3.37. The van der Waals surface area contributed by atoms with Crippen LogP contribution in [0.2, 0.25) is 0 Å². The second-order valence-corrected chi connectivity index (χ2v) is 14.7. The van der Waals surface area contributed by atoms with Crippen molar-refractivity contribution in [1.82, 2.24) is 0 Å². The van der Waals surface area contributed by atoms with Gasteiger partial charge in [0.2, 0.25) is 0 Å². The van der Waals surface area contributed by atoms with Gasteiger partial charge in [-0.3, -0.25) is 0 Å². The molecule has 40 heavy (non-hydrogen) atoms. The van der Waals surface area contributed by atoms with Gasteiger partial charge < -0.3 is 0 Å². The summed E-state index contributed by atoms with van der Waals surface area (Å²) in [6, 6.07) is 23.9. The minimum absolute atomic E-state index is 0.226. The van der Waals surface area contributed by atoms with E-state index in [1.165, 1.54) is 52.2 Å². The molecule has 0 N–H and O–H groups in total. The van der Waals surface area contributed by atoms with Gasteiger partial charge in [-0.1, -0.05) is 30.3 Å². The molecule has 0 fully saturated rings. The normalized spacial score (nSPS) is 18.6. The summed E-state index contributed by atoms with van der Waals surface area (Å²) in [4.78, 5) is 2.30. The molecule has 2 aliphatic rings. The number of benzene rings is 3. The van der Waals surface area contributed by atoms with Crippen molar-refractivity contribution < 1.29 is 9.30 Å². The van der Waals surface area contributed by atoms with Crippen molar-refractivity contribution in [3.05, 3.63) is 112 Å². The fraction of sp³-hybridized carbons (Fsp3) is 0.229. The summed E-state index contributed by atoms with van der Waals surface area (Å²) < 4.78 is 11.9. The first-order valence-electron chi connectivity index (χ1n) is 13.7. The van der Waals surface area contributed by atoms with Gasteiger partial charge in [0.1, 0.15) is 0 Å². The van der Waals surface area contributed by atoms with Gasteiger partial charge in [-0.15, -0.1) is 0 Å². The van der Waals surface area contributed by atoms with Crippen molar-refractivity contribution in [1.29, 1.82) is 0 Å². The molecule has 0 saturated carbocycles. The number of aromatic nitrogens is 1. The molecule has 2 heterocycles. The second kappa shape index (κ2) is 10.9.